The first-order valence-corrected chi connectivity index (χ1v) is 23.2. The highest BCUT2D eigenvalue weighted by molar-refractivity contribution is 7.89. The van der Waals surface area contributed by atoms with E-state index in [1.165, 1.54) is 12.1 Å². The molecule has 5 N–H and O–H groups in total. The number of aromatic nitrogens is 1. The molecule has 21 heteroatoms. The number of hydrogen-bond donors (Lipinski definition) is 4. The Morgan fingerprint density at radius 3 is 2.06 bits per heavy atom. The minimum Gasteiger partial charge on any atom is -0.379 e. The molecular weight excluding hydrogens is 859 g/mol. The van der Waals surface area contributed by atoms with Crippen LogP contribution < -0.4 is 21.1 Å². The van der Waals surface area contributed by atoms with E-state index in [0.717, 1.165) is 27.8 Å². The van der Waals surface area contributed by atoms with Gasteiger partial charge in [-0.1, -0.05) is 52.0 Å². The summed E-state index contributed by atoms with van der Waals surface area (Å²) in [5, 5.41) is 25.1. The Hall–Kier alpha value is -4.61. The monoisotopic (exact) mass is 919 g/mol. The Morgan fingerprint density at radius 1 is 0.937 bits per heavy atom. The fourth-order valence-electron chi connectivity index (χ4n) is 6.64. The number of thiazole rings is 1. The number of nitrogens with two attached hydrogens (primary N) is 1. The second kappa shape index (κ2) is 25.0. The standard InChI is InChI=1S/C42H61N7O12S2/c1-29-24-36(40(51)45-26-31-6-8-32(9-7-31)38-30(2)46-28-62-38)48(27-29)41(52)39(42(3,4)5)47-37(50)12-14-57-16-18-59-20-22-61-23-21-60-19-17-58-15-13-44-34-11-10-33(63(43,55)56)25-35(34)49(53)54/h6-11,25,28-29,36,39,44H,12-24,26-27H2,1-5H3,(H,45,51)(H,47,50)(H2,43,55,56)/t29?,36?,39-/m1/s1. The third kappa shape index (κ3) is 16.8. The molecule has 2 heterocycles. The number of nitrogens with one attached hydrogen (secondary N) is 3. The predicted octanol–water partition coefficient (Wildman–Crippen LogP) is 3.64. The fraction of sp³-hybridized carbons (Fsp3) is 0.571. The van der Waals surface area contributed by atoms with E-state index < -0.39 is 38.1 Å². The Morgan fingerprint density at radius 2 is 1.52 bits per heavy atom. The van der Waals surface area contributed by atoms with Crippen LogP contribution in [0.3, 0.4) is 0 Å². The second-order valence-corrected chi connectivity index (χ2v) is 18.5. The SMILES string of the molecule is Cc1ncsc1-c1ccc(CNC(=O)C2CC(C)CN2C(=O)[C@@H](NC(=O)CCOCCOCCOCCOCCOCCNc2ccc(S(N)(=O)=O)cc2[N+](=O)[O-])C(C)(C)C)cc1. The highest BCUT2D eigenvalue weighted by Crippen LogP contribution is 2.30. The first kappa shape index (κ1) is 51.0. The van der Waals surface area contributed by atoms with Crippen LogP contribution >= 0.6 is 11.3 Å². The van der Waals surface area contributed by atoms with Gasteiger partial charge in [-0.3, -0.25) is 24.5 Å². The lowest BCUT2D eigenvalue weighted by atomic mass is 9.85. The number of carbonyl (C=O) groups is 3. The van der Waals surface area contributed by atoms with Gasteiger partial charge in [0.15, 0.2) is 0 Å². The van der Waals surface area contributed by atoms with E-state index in [4.69, 9.17) is 28.8 Å². The summed E-state index contributed by atoms with van der Waals surface area (Å²) in [5.74, 6) is -0.700. The number of ether oxygens (including phenoxy) is 5. The molecule has 0 bridgehead atoms. The van der Waals surface area contributed by atoms with Crippen LogP contribution in [-0.4, -0.2) is 132 Å². The van der Waals surface area contributed by atoms with Crippen molar-refractivity contribution in [1.29, 1.82) is 0 Å². The van der Waals surface area contributed by atoms with Crippen molar-refractivity contribution in [2.75, 3.05) is 84.5 Å². The van der Waals surface area contributed by atoms with E-state index in [2.05, 4.69) is 20.9 Å². The van der Waals surface area contributed by atoms with Crippen molar-refractivity contribution in [3.05, 3.63) is 69.3 Å². The number of benzene rings is 2. The number of sulfonamides is 1. The molecule has 2 aromatic carbocycles. The van der Waals surface area contributed by atoms with Gasteiger partial charge in [-0.2, -0.15) is 0 Å². The summed E-state index contributed by atoms with van der Waals surface area (Å²) in [4.78, 5) is 57.7. The molecule has 1 aliphatic heterocycles. The first-order valence-electron chi connectivity index (χ1n) is 20.8. The van der Waals surface area contributed by atoms with Gasteiger partial charge in [-0.25, -0.2) is 18.5 Å². The number of hydrogen-bond acceptors (Lipinski definition) is 15. The summed E-state index contributed by atoms with van der Waals surface area (Å²) < 4.78 is 50.5. The molecule has 1 aliphatic rings. The molecule has 348 valence electrons. The fourth-order valence-corrected chi connectivity index (χ4v) is 7.98. The summed E-state index contributed by atoms with van der Waals surface area (Å²) in [5.41, 5.74) is 3.95. The van der Waals surface area contributed by atoms with Crippen LogP contribution in [0.4, 0.5) is 11.4 Å². The van der Waals surface area contributed by atoms with E-state index in [-0.39, 0.29) is 67.0 Å². The number of amides is 3. The van der Waals surface area contributed by atoms with Gasteiger partial charge in [0, 0.05) is 32.1 Å². The highest BCUT2D eigenvalue weighted by Gasteiger charge is 2.43. The molecule has 0 spiro atoms. The number of primary sulfonamides is 1. The van der Waals surface area contributed by atoms with Crippen molar-refractivity contribution >= 4 is 50.5 Å². The lowest BCUT2D eigenvalue weighted by Gasteiger charge is -2.35. The van der Waals surface area contributed by atoms with E-state index in [1.54, 1.807) is 16.2 Å². The Bertz CT molecular complexity index is 2060. The maximum Gasteiger partial charge on any atom is 0.293 e. The van der Waals surface area contributed by atoms with Crippen molar-refractivity contribution in [3.8, 4) is 10.4 Å². The van der Waals surface area contributed by atoms with Gasteiger partial charge in [0.1, 0.15) is 17.8 Å². The number of rotatable bonds is 27. The summed E-state index contributed by atoms with van der Waals surface area (Å²) in [7, 11) is -4.07. The zero-order valence-corrected chi connectivity index (χ0v) is 38.2. The molecule has 2 unspecified atom stereocenters. The number of nitro benzene ring substituents is 1. The lowest BCUT2D eigenvalue weighted by molar-refractivity contribution is -0.384. The molecule has 3 amide bonds. The van der Waals surface area contributed by atoms with Gasteiger partial charge < -0.3 is 44.5 Å². The quantitative estimate of drug-likeness (QED) is 0.0484. The summed E-state index contributed by atoms with van der Waals surface area (Å²) in [6, 6.07) is 9.90. The predicted molar refractivity (Wildman–Crippen MR) is 236 cm³/mol. The van der Waals surface area contributed by atoms with Crippen molar-refractivity contribution < 1.29 is 51.4 Å². The molecule has 4 rings (SSSR count). The molecule has 3 aromatic rings. The van der Waals surface area contributed by atoms with Gasteiger partial charge in [0.2, 0.25) is 27.7 Å². The number of anilines is 1. The Labute approximate surface area is 372 Å². The van der Waals surface area contributed by atoms with Crippen LogP contribution in [0.1, 0.15) is 51.8 Å². The Kier molecular flexibility index (Phi) is 20.3. The first-order chi connectivity index (χ1) is 30.0. The van der Waals surface area contributed by atoms with Crippen LogP contribution in [0.15, 0.2) is 52.9 Å². The summed E-state index contributed by atoms with van der Waals surface area (Å²) in [6.07, 6.45) is 0.589. The van der Waals surface area contributed by atoms with E-state index >= 15 is 0 Å². The van der Waals surface area contributed by atoms with Crippen LogP contribution in [0, 0.1) is 28.4 Å². The van der Waals surface area contributed by atoms with Crippen molar-refractivity contribution in [2.24, 2.45) is 16.5 Å². The van der Waals surface area contributed by atoms with Crippen molar-refractivity contribution in [1.82, 2.24) is 20.5 Å². The highest BCUT2D eigenvalue weighted by atomic mass is 32.2. The maximum atomic E-state index is 14.0. The minimum absolute atomic E-state index is 0.0528. The third-order valence-electron chi connectivity index (χ3n) is 9.96. The van der Waals surface area contributed by atoms with Gasteiger partial charge in [0.05, 0.1) is 92.0 Å². The van der Waals surface area contributed by atoms with Gasteiger partial charge >= 0.3 is 0 Å². The largest absolute Gasteiger partial charge is 0.379 e. The molecule has 1 aromatic heterocycles. The summed E-state index contributed by atoms with van der Waals surface area (Å²) >= 11 is 1.59. The number of likely N-dealkylation sites (tertiary alicyclic amines) is 1. The van der Waals surface area contributed by atoms with E-state index in [9.17, 15) is 32.9 Å². The molecule has 0 saturated carbocycles. The second-order valence-electron chi connectivity index (χ2n) is 16.1. The molecule has 1 saturated heterocycles. The molecule has 0 radical (unpaired) electrons. The molecule has 19 nitrogen and oxygen atoms in total. The van der Waals surface area contributed by atoms with Crippen LogP contribution in [-0.2, 0) is 54.6 Å². The maximum absolute atomic E-state index is 14.0. The Balaban J connectivity index is 1.02. The number of nitro groups is 1. The van der Waals surface area contributed by atoms with E-state index in [1.807, 2.05) is 64.4 Å². The minimum atomic E-state index is -4.07. The average molecular weight is 920 g/mol. The van der Waals surface area contributed by atoms with Crippen LogP contribution in [0.2, 0.25) is 0 Å². The van der Waals surface area contributed by atoms with Crippen LogP contribution in [0.5, 0.6) is 0 Å². The normalized spacial score (nSPS) is 15.9. The van der Waals surface area contributed by atoms with Gasteiger partial charge in [-0.15, -0.1) is 11.3 Å². The van der Waals surface area contributed by atoms with Crippen LogP contribution in [0.25, 0.3) is 10.4 Å². The molecule has 63 heavy (non-hydrogen) atoms. The average Bonchev–Trinajstić information content (AvgIpc) is 3.85. The number of carbonyl (C=O) groups excluding carboxylic acids is 3. The van der Waals surface area contributed by atoms with Crippen molar-refractivity contribution in [3.63, 3.8) is 0 Å². The number of aryl methyl sites for hydroxylation is 1. The van der Waals surface area contributed by atoms with Crippen molar-refractivity contribution in [2.45, 2.75) is 71.0 Å². The van der Waals surface area contributed by atoms with Gasteiger partial charge in [-0.05, 0) is 47.9 Å². The van der Waals surface area contributed by atoms with E-state index in [0.29, 0.717) is 65.8 Å². The zero-order valence-electron chi connectivity index (χ0n) is 36.6. The topological polar surface area (TPSA) is 253 Å². The lowest BCUT2D eigenvalue weighted by Crippen LogP contribution is -2.57. The zero-order chi connectivity index (χ0) is 46.0. The molecule has 0 aliphatic carbocycles. The van der Waals surface area contributed by atoms with Gasteiger partial charge in [0.25, 0.3) is 5.69 Å². The molecular formula is C42H61N7O12S2. The smallest absolute Gasteiger partial charge is 0.293 e. The summed E-state index contributed by atoms with van der Waals surface area (Å²) in [6.45, 7) is 13.6. The third-order valence-corrected chi connectivity index (χ3v) is 11.8. The molecule has 1 fully saturated rings. The molecule has 3 atom stereocenters. The number of nitrogens with zero attached hydrogens (tertiary/aromatic N) is 3.